The molecule has 0 aliphatic heterocycles. The first kappa shape index (κ1) is 23.1. The molecule has 0 amide bonds. The van der Waals surface area contributed by atoms with Crippen molar-refractivity contribution < 1.29 is 53.1 Å². The maximum Gasteiger partial charge on any atom is 0.453 e. The van der Waals surface area contributed by atoms with Crippen LogP contribution in [-0.2, 0) is 19.4 Å². The van der Waals surface area contributed by atoms with Gasteiger partial charge in [-0.15, -0.1) is 0 Å². The molecule has 0 bridgehead atoms. The standard InChI is InChI=1S/C10H11ClF8O4S/c1-23-6(20)7(11,2-3-8(12,13)10(17,18)19)24(21,22)5-4-9(14,15)16/h2-5H2,1H3. The Balaban J connectivity index is 5.56. The van der Waals surface area contributed by atoms with Crippen molar-refractivity contribution in [3.05, 3.63) is 0 Å². The van der Waals surface area contributed by atoms with Gasteiger partial charge in [0.1, 0.15) is 0 Å². The van der Waals surface area contributed by atoms with E-state index in [0.717, 1.165) is 0 Å². The van der Waals surface area contributed by atoms with E-state index in [9.17, 15) is 48.3 Å². The zero-order chi connectivity index (χ0) is 19.6. The zero-order valence-electron chi connectivity index (χ0n) is 11.8. The molecule has 0 heterocycles. The van der Waals surface area contributed by atoms with E-state index in [0.29, 0.717) is 7.11 Å². The van der Waals surface area contributed by atoms with E-state index in [4.69, 9.17) is 11.6 Å². The van der Waals surface area contributed by atoms with E-state index in [2.05, 4.69) is 4.74 Å². The third kappa shape index (κ3) is 5.60. The lowest BCUT2D eigenvalue weighted by atomic mass is 10.1. The normalized spacial score (nSPS) is 16.6. The van der Waals surface area contributed by atoms with Gasteiger partial charge >= 0.3 is 24.2 Å². The van der Waals surface area contributed by atoms with E-state index in [-0.39, 0.29) is 0 Å². The summed E-state index contributed by atoms with van der Waals surface area (Å²) < 4.78 is 122. The number of alkyl halides is 9. The quantitative estimate of drug-likeness (QED) is 0.364. The Morgan fingerprint density at radius 1 is 0.958 bits per heavy atom. The Morgan fingerprint density at radius 2 is 1.42 bits per heavy atom. The summed E-state index contributed by atoms with van der Waals surface area (Å²) in [5.74, 6) is -9.14. The summed E-state index contributed by atoms with van der Waals surface area (Å²) in [4.78, 5) is 11.4. The molecule has 144 valence electrons. The van der Waals surface area contributed by atoms with Crippen molar-refractivity contribution in [1.82, 2.24) is 0 Å². The zero-order valence-corrected chi connectivity index (χ0v) is 13.3. The second-order valence-electron chi connectivity index (χ2n) is 4.61. The molecule has 0 aromatic rings. The average molecular weight is 415 g/mol. The first-order chi connectivity index (χ1) is 10.4. The molecule has 0 saturated heterocycles. The van der Waals surface area contributed by atoms with Gasteiger partial charge in [0.25, 0.3) is 0 Å². The highest BCUT2D eigenvalue weighted by atomic mass is 35.5. The maximum atomic E-state index is 12.9. The van der Waals surface area contributed by atoms with Crippen LogP contribution >= 0.6 is 11.6 Å². The molecule has 0 rings (SSSR count). The summed E-state index contributed by atoms with van der Waals surface area (Å²) in [6.45, 7) is 0. The lowest BCUT2D eigenvalue weighted by molar-refractivity contribution is -0.284. The number of carbonyl (C=O) groups excluding carboxylic acids is 1. The van der Waals surface area contributed by atoms with Crippen LogP contribution in [0.25, 0.3) is 0 Å². The van der Waals surface area contributed by atoms with E-state index < -0.39 is 63.3 Å². The van der Waals surface area contributed by atoms with E-state index in [1.807, 2.05) is 0 Å². The lowest BCUT2D eigenvalue weighted by Crippen LogP contribution is -2.46. The highest BCUT2D eigenvalue weighted by molar-refractivity contribution is 7.95. The Hall–Kier alpha value is -0.850. The third-order valence-corrected chi connectivity index (χ3v) is 5.96. The monoisotopic (exact) mass is 414 g/mol. The largest absolute Gasteiger partial charge is 0.467 e. The fourth-order valence-electron chi connectivity index (χ4n) is 1.41. The van der Waals surface area contributed by atoms with Gasteiger partial charge in [-0.05, 0) is 6.42 Å². The molecule has 1 atom stereocenters. The van der Waals surface area contributed by atoms with Crippen molar-refractivity contribution in [2.45, 2.75) is 41.7 Å². The minimum Gasteiger partial charge on any atom is -0.467 e. The molecule has 0 aliphatic rings. The molecule has 14 heteroatoms. The van der Waals surface area contributed by atoms with Gasteiger partial charge in [0, 0.05) is 6.42 Å². The first-order valence-electron chi connectivity index (χ1n) is 5.90. The Kier molecular flexibility index (Phi) is 6.92. The number of hydrogen-bond donors (Lipinski definition) is 0. The molecule has 0 N–H and O–H groups in total. The number of halogens is 9. The van der Waals surface area contributed by atoms with Crippen molar-refractivity contribution in [3.63, 3.8) is 0 Å². The molecule has 1 unspecified atom stereocenters. The molecule has 0 saturated carbocycles. The number of esters is 1. The second-order valence-corrected chi connectivity index (χ2v) is 7.81. The Labute approximate surface area is 136 Å². The lowest BCUT2D eigenvalue weighted by Gasteiger charge is -2.27. The van der Waals surface area contributed by atoms with E-state index in [1.54, 1.807) is 0 Å². The number of rotatable bonds is 7. The molecule has 4 nitrogen and oxygen atoms in total. The predicted molar refractivity (Wildman–Crippen MR) is 65.3 cm³/mol. The van der Waals surface area contributed by atoms with Crippen LogP contribution in [0.4, 0.5) is 35.1 Å². The van der Waals surface area contributed by atoms with Crippen LogP contribution in [0.15, 0.2) is 0 Å². The van der Waals surface area contributed by atoms with E-state index in [1.165, 1.54) is 0 Å². The van der Waals surface area contributed by atoms with Gasteiger partial charge in [0.05, 0.1) is 19.3 Å². The smallest absolute Gasteiger partial charge is 0.453 e. The highest BCUT2D eigenvalue weighted by Gasteiger charge is 2.60. The molecule has 0 aromatic carbocycles. The summed E-state index contributed by atoms with van der Waals surface area (Å²) in [5.41, 5.74) is 0. The predicted octanol–water partition coefficient (Wildman–Crippen LogP) is 3.44. The van der Waals surface area contributed by atoms with Crippen LogP contribution < -0.4 is 0 Å². The van der Waals surface area contributed by atoms with Crippen LogP contribution in [0, 0.1) is 0 Å². The Morgan fingerprint density at radius 3 is 1.75 bits per heavy atom. The second kappa shape index (κ2) is 7.18. The molecule has 0 spiro atoms. The summed E-state index contributed by atoms with van der Waals surface area (Å²) in [5, 5.41) is 0. The van der Waals surface area contributed by atoms with Crippen molar-refractivity contribution in [2.24, 2.45) is 0 Å². The summed E-state index contributed by atoms with van der Waals surface area (Å²) >= 11 is 5.34. The fourth-order valence-corrected chi connectivity index (χ4v) is 3.39. The number of carbonyl (C=O) groups is 1. The van der Waals surface area contributed by atoms with Crippen LogP contribution in [0.2, 0.25) is 0 Å². The van der Waals surface area contributed by atoms with Gasteiger partial charge in [-0.25, -0.2) is 13.2 Å². The van der Waals surface area contributed by atoms with Crippen molar-refractivity contribution in [3.8, 4) is 0 Å². The van der Waals surface area contributed by atoms with Gasteiger partial charge in [-0.3, -0.25) is 0 Å². The van der Waals surface area contributed by atoms with Crippen LogP contribution in [0.3, 0.4) is 0 Å². The number of ether oxygens (including phenoxy) is 1. The Bertz CT molecular complexity index is 556. The number of hydrogen-bond acceptors (Lipinski definition) is 4. The SMILES string of the molecule is COC(=O)C(Cl)(CCC(F)(F)C(F)(F)F)S(=O)(=O)CCC(F)(F)F. The highest BCUT2D eigenvalue weighted by Crippen LogP contribution is 2.43. The van der Waals surface area contributed by atoms with E-state index >= 15 is 0 Å². The van der Waals surface area contributed by atoms with Crippen LogP contribution in [-0.4, -0.2) is 49.7 Å². The molecule has 0 aromatic heterocycles. The van der Waals surface area contributed by atoms with Crippen molar-refractivity contribution in [2.75, 3.05) is 12.9 Å². The average Bonchev–Trinajstić information content (AvgIpc) is 2.39. The topological polar surface area (TPSA) is 60.4 Å². The van der Waals surface area contributed by atoms with Crippen molar-refractivity contribution in [1.29, 1.82) is 0 Å². The first-order valence-corrected chi connectivity index (χ1v) is 7.93. The molecule has 24 heavy (non-hydrogen) atoms. The molecule has 0 radical (unpaired) electrons. The molecular weight excluding hydrogens is 404 g/mol. The summed E-state index contributed by atoms with van der Waals surface area (Å²) in [6, 6.07) is 0. The van der Waals surface area contributed by atoms with Gasteiger partial charge in [0.15, 0.2) is 9.84 Å². The molecular formula is C10H11ClF8O4S. The fraction of sp³-hybridized carbons (Fsp3) is 0.900. The number of sulfone groups is 1. The van der Waals surface area contributed by atoms with Crippen LogP contribution in [0.5, 0.6) is 0 Å². The van der Waals surface area contributed by atoms with Crippen molar-refractivity contribution >= 4 is 27.4 Å². The summed E-state index contributed by atoms with van der Waals surface area (Å²) in [7, 11) is -4.72. The maximum absolute atomic E-state index is 12.9. The third-order valence-electron chi connectivity index (χ3n) is 2.81. The van der Waals surface area contributed by atoms with Gasteiger partial charge in [0.2, 0.25) is 4.21 Å². The minimum atomic E-state index is -6.06. The minimum absolute atomic E-state index is 0.542. The van der Waals surface area contributed by atoms with Gasteiger partial charge < -0.3 is 4.74 Å². The van der Waals surface area contributed by atoms with Crippen LogP contribution in [0.1, 0.15) is 19.3 Å². The molecule has 0 fully saturated rings. The number of methoxy groups -OCH3 is 1. The van der Waals surface area contributed by atoms with Gasteiger partial charge in [-0.2, -0.15) is 35.1 Å². The van der Waals surface area contributed by atoms with Gasteiger partial charge in [-0.1, -0.05) is 11.6 Å². The summed E-state index contributed by atoms with van der Waals surface area (Å²) in [6.07, 6.45) is -17.1. The molecule has 0 aliphatic carbocycles.